The van der Waals surface area contributed by atoms with Crippen molar-refractivity contribution in [2.45, 2.75) is 19.0 Å². The van der Waals surface area contributed by atoms with Crippen LogP contribution in [-0.2, 0) is 11.3 Å². The number of hydrogen-bond acceptors (Lipinski definition) is 3. The maximum absolute atomic E-state index is 13.3. The van der Waals surface area contributed by atoms with Crippen molar-refractivity contribution in [2.75, 3.05) is 18.5 Å². The third-order valence-electron chi connectivity index (χ3n) is 5.72. The molecule has 2 aliphatic heterocycles. The number of benzene rings is 2. The fraction of sp³-hybridized carbons (Fsp3) is 0.273. The Morgan fingerprint density at radius 2 is 1.85 bits per heavy atom. The van der Waals surface area contributed by atoms with Crippen LogP contribution in [0.3, 0.4) is 0 Å². The van der Waals surface area contributed by atoms with E-state index in [1.807, 2.05) is 41.3 Å². The smallest absolute Gasteiger partial charge is 0.233 e. The molecule has 1 saturated heterocycles. The molecule has 2 aromatic carbocycles. The van der Waals surface area contributed by atoms with E-state index >= 15 is 0 Å². The van der Waals surface area contributed by atoms with E-state index in [4.69, 9.17) is 4.98 Å². The van der Waals surface area contributed by atoms with E-state index in [0.717, 1.165) is 35.2 Å². The minimum absolute atomic E-state index is 0.0270. The molecule has 0 aliphatic carbocycles. The molecule has 26 heavy (non-hydrogen) atoms. The van der Waals surface area contributed by atoms with E-state index in [1.54, 1.807) is 0 Å². The first kappa shape index (κ1) is 15.5. The summed E-state index contributed by atoms with van der Waals surface area (Å²) in [6.45, 7) is 1.53. The van der Waals surface area contributed by atoms with Gasteiger partial charge in [-0.25, -0.2) is 4.98 Å². The van der Waals surface area contributed by atoms with Crippen molar-refractivity contribution in [1.29, 1.82) is 0 Å². The molecule has 3 heterocycles. The Bertz CT molecular complexity index is 985. The number of hydrogen-bond donors (Lipinski definition) is 0. The lowest BCUT2D eigenvalue weighted by Crippen LogP contribution is -2.43. The second-order valence-corrected chi connectivity index (χ2v) is 7.32. The molecule has 0 saturated carbocycles. The van der Waals surface area contributed by atoms with Gasteiger partial charge >= 0.3 is 0 Å². The van der Waals surface area contributed by atoms with Gasteiger partial charge in [0.1, 0.15) is 5.82 Å². The van der Waals surface area contributed by atoms with Gasteiger partial charge in [-0.2, -0.15) is 0 Å². The lowest BCUT2D eigenvalue weighted by atomic mass is 9.88. The van der Waals surface area contributed by atoms with Gasteiger partial charge in [0.2, 0.25) is 5.91 Å². The Hall–Kier alpha value is -2.72. The van der Waals surface area contributed by atoms with Crippen molar-refractivity contribution in [1.82, 2.24) is 9.88 Å². The molecule has 3 aromatic rings. The van der Waals surface area contributed by atoms with Gasteiger partial charge in [0.05, 0.1) is 18.0 Å². The molecule has 5 rings (SSSR count). The van der Waals surface area contributed by atoms with Crippen LogP contribution in [0.1, 0.15) is 23.6 Å². The van der Waals surface area contributed by atoms with Crippen molar-refractivity contribution in [3.05, 3.63) is 71.8 Å². The summed E-state index contributed by atoms with van der Waals surface area (Å²) in [6, 6.07) is 20.7. The van der Waals surface area contributed by atoms with E-state index < -0.39 is 0 Å². The zero-order valence-electron chi connectivity index (χ0n) is 14.8. The van der Waals surface area contributed by atoms with Crippen LogP contribution < -0.4 is 4.90 Å². The minimum Gasteiger partial charge on any atom is -0.298 e. The third-order valence-corrected chi connectivity index (χ3v) is 5.72. The number of fused-ring (bicyclic) bond motifs is 4. The maximum Gasteiger partial charge on any atom is 0.233 e. The summed E-state index contributed by atoms with van der Waals surface area (Å²) in [5.41, 5.74) is 3.26. The molecule has 2 aliphatic rings. The number of likely N-dealkylation sites (tertiary alicyclic amines) is 1. The van der Waals surface area contributed by atoms with Gasteiger partial charge < -0.3 is 0 Å². The summed E-state index contributed by atoms with van der Waals surface area (Å²) < 4.78 is 0. The van der Waals surface area contributed by atoms with Gasteiger partial charge in [0.25, 0.3) is 0 Å². The quantitative estimate of drug-likeness (QED) is 0.711. The molecule has 0 unspecified atom stereocenters. The van der Waals surface area contributed by atoms with Crippen LogP contribution >= 0.6 is 0 Å². The monoisotopic (exact) mass is 343 g/mol. The second kappa shape index (κ2) is 5.92. The zero-order valence-corrected chi connectivity index (χ0v) is 14.8. The Balaban J connectivity index is 1.69. The lowest BCUT2D eigenvalue weighted by molar-refractivity contribution is -0.123. The minimum atomic E-state index is 0.0270. The van der Waals surface area contributed by atoms with Gasteiger partial charge in [-0.1, -0.05) is 48.5 Å². The van der Waals surface area contributed by atoms with Gasteiger partial charge in [0.15, 0.2) is 0 Å². The number of carbonyl (C=O) groups is 1. The highest BCUT2D eigenvalue weighted by atomic mass is 16.2. The van der Waals surface area contributed by atoms with Crippen molar-refractivity contribution in [3.8, 4) is 0 Å². The number of rotatable bonds is 2. The van der Waals surface area contributed by atoms with Crippen LogP contribution in [0.25, 0.3) is 10.9 Å². The predicted octanol–water partition coefficient (Wildman–Crippen LogP) is 3.77. The van der Waals surface area contributed by atoms with Crippen LogP contribution in [0, 0.1) is 5.92 Å². The van der Waals surface area contributed by atoms with Crippen LogP contribution in [0.2, 0.25) is 0 Å². The Morgan fingerprint density at radius 3 is 2.69 bits per heavy atom. The first-order chi connectivity index (χ1) is 12.7. The summed E-state index contributed by atoms with van der Waals surface area (Å²) in [7, 11) is 2.11. The Labute approximate surface area is 153 Å². The van der Waals surface area contributed by atoms with E-state index in [9.17, 15) is 4.79 Å². The predicted molar refractivity (Wildman–Crippen MR) is 103 cm³/mol. The van der Waals surface area contributed by atoms with E-state index in [1.165, 1.54) is 5.56 Å². The molecule has 1 amide bonds. The molecule has 1 fully saturated rings. The summed E-state index contributed by atoms with van der Waals surface area (Å²) in [5, 5.41) is 1.14. The fourth-order valence-electron chi connectivity index (χ4n) is 4.44. The topological polar surface area (TPSA) is 36.4 Å². The normalized spacial score (nSPS) is 22.5. The molecule has 130 valence electrons. The van der Waals surface area contributed by atoms with E-state index in [-0.39, 0.29) is 17.9 Å². The number of amides is 1. The number of carbonyl (C=O) groups excluding carboxylic acids is 1. The average molecular weight is 343 g/mol. The number of anilines is 1. The van der Waals surface area contributed by atoms with Crippen molar-refractivity contribution in [2.24, 2.45) is 5.92 Å². The zero-order chi connectivity index (χ0) is 17.7. The highest BCUT2D eigenvalue weighted by Crippen LogP contribution is 2.46. The molecule has 0 radical (unpaired) electrons. The Kier molecular flexibility index (Phi) is 3.54. The van der Waals surface area contributed by atoms with Gasteiger partial charge in [0, 0.05) is 17.0 Å². The number of aromatic nitrogens is 1. The molecule has 0 bridgehead atoms. The van der Waals surface area contributed by atoms with Crippen molar-refractivity contribution in [3.63, 3.8) is 0 Å². The number of para-hydroxylation sites is 1. The van der Waals surface area contributed by atoms with Crippen molar-refractivity contribution < 1.29 is 4.79 Å². The number of pyridine rings is 1. The first-order valence-electron chi connectivity index (χ1n) is 9.17. The lowest BCUT2D eigenvalue weighted by Gasteiger charge is -2.37. The van der Waals surface area contributed by atoms with Crippen LogP contribution in [0.15, 0.2) is 60.7 Å². The molecule has 2 atom stereocenters. The molecule has 4 nitrogen and oxygen atoms in total. The van der Waals surface area contributed by atoms with Crippen molar-refractivity contribution >= 4 is 22.6 Å². The molecule has 0 spiro atoms. The average Bonchev–Trinajstić information content (AvgIpc) is 3.07. The molecule has 1 aromatic heterocycles. The highest BCUT2D eigenvalue weighted by Gasteiger charge is 2.46. The second-order valence-electron chi connectivity index (χ2n) is 7.32. The third kappa shape index (κ3) is 2.33. The van der Waals surface area contributed by atoms with E-state index in [2.05, 4.69) is 36.2 Å². The van der Waals surface area contributed by atoms with Crippen LogP contribution in [-0.4, -0.2) is 29.4 Å². The maximum atomic E-state index is 13.3. The van der Waals surface area contributed by atoms with E-state index in [0.29, 0.717) is 6.54 Å². The van der Waals surface area contributed by atoms with Crippen LogP contribution in [0.5, 0.6) is 0 Å². The Morgan fingerprint density at radius 1 is 1.08 bits per heavy atom. The molecule has 0 N–H and O–H groups in total. The summed E-state index contributed by atoms with van der Waals surface area (Å²) in [5.74, 6) is 1.06. The van der Waals surface area contributed by atoms with Gasteiger partial charge in [-0.15, -0.1) is 0 Å². The summed E-state index contributed by atoms with van der Waals surface area (Å²) in [6.07, 6.45) is 0.914. The first-order valence-corrected chi connectivity index (χ1v) is 9.17. The SMILES string of the molecule is CN1CC[C@H]2C(=O)N(Cc3ccccc3)c3nc4ccccc4cc3[C@H]21. The standard InChI is InChI=1S/C22H21N3O/c1-24-12-11-17-20(24)18-13-16-9-5-6-10-19(16)23-21(18)25(22(17)26)14-15-7-3-2-4-8-15/h2-10,13,17,20H,11-12,14H2,1H3/t17-,20+/m1/s1. The van der Waals surface area contributed by atoms with Gasteiger partial charge in [-0.05, 0) is 37.7 Å². The molecule has 4 heteroatoms. The fourth-order valence-corrected chi connectivity index (χ4v) is 4.44. The number of nitrogens with zero attached hydrogens (tertiary/aromatic N) is 3. The summed E-state index contributed by atoms with van der Waals surface area (Å²) >= 11 is 0. The summed E-state index contributed by atoms with van der Waals surface area (Å²) in [4.78, 5) is 22.4. The molecular formula is C22H21N3O. The van der Waals surface area contributed by atoms with Gasteiger partial charge in [-0.3, -0.25) is 14.6 Å². The highest BCUT2D eigenvalue weighted by molar-refractivity contribution is 5.99. The molecular weight excluding hydrogens is 322 g/mol. The largest absolute Gasteiger partial charge is 0.298 e. The van der Waals surface area contributed by atoms with Crippen LogP contribution in [0.4, 0.5) is 5.82 Å².